The number of fused-ring (bicyclic) bond motifs is 1. The molecular weight excluding hydrogens is 320 g/mol. The molecule has 6 nitrogen and oxygen atoms in total. The molecule has 0 saturated carbocycles. The van der Waals surface area contributed by atoms with Crippen LogP contribution in [0.4, 0.5) is 10.3 Å². The molecule has 1 aliphatic heterocycles. The van der Waals surface area contributed by atoms with Gasteiger partial charge in [0.05, 0.1) is 23.0 Å². The zero-order chi connectivity index (χ0) is 18.1. The molecule has 8 heteroatoms. The van der Waals surface area contributed by atoms with E-state index >= 15 is 0 Å². The van der Waals surface area contributed by atoms with Crippen molar-refractivity contribution < 1.29 is 9.18 Å². The van der Waals surface area contributed by atoms with Gasteiger partial charge in [-0.05, 0) is 37.6 Å². The molecule has 1 aromatic carbocycles. The van der Waals surface area contributed by atoms with E-state index in [0.717, 1.165) is 0 Å². The van der Waals surface area contributed by atoms with Gasteiger partial charge in [-0.2, -0.15) is 0 Å². The first-order valence-corrected chi connectivity index (χ1v) is 8.11. The summed E-state index contributed by atoms with van der Waals surface area (Å²) in [6.45, 7) is 2.67. The maximum absolute atomic E-state index is 13.4. The van der Waals surface area contributed by atoms with E-state index in [-0.39, 0.29) is 17.9 Å². The van der Waals surface area contributed by atoms with Gasteiger partial charge in [0.1, 0.15) is 13.7 Å². The average Bonchev–Trinajstić information content (AvgIpc) is 2.53. The highest BCUT2D eigenvalue weighted by Gasteiger charge is 2.36. The Kier molecular flexibility index (Phi) is 4.72. The van der Waals surface area contributed by atoms with Crippen LogP contribution in [0.15, 0.2) is 18.2 Å². The van der Waals surface area contributed by atoms with Crippen molar-refractivity contribution in [3.63, 3.8) is 0 Å². The summed E-state index contributed by atoms with van der Waals surface area (Å²) in [6.07, 6.45) is 1.09. The van der Waals surface area contributed by atoms with Crippen molar-refractivity contribution in [2.75, 3.05) is 18.8 Å². The van der Waals surface area contributed by atoms with Gasteiger partial charge in [0, 0.05) is 13.0 Å². The zero-order valence-corrected chi connectivity index (χ0v) is 14.0. The quantitative estimate of drug-likeness (QED) is 0.785. The Hall–Kier alpha value is -2.48. The Morgan fingerprint density at radius 3 is 2.84 bits per heavy atom. The molecule has 4 N–H and O–H groups in total. The number of nitrogens with zero attached hydrogens (tertiary/aromatic N) is 3. The Morgan fingerprint density at radius 1 is 1.40 bits per heavy atom. The van der Waals surface area contributed by atoms with E-state index in [1.54, 1.807) is 17.9 Å². The fourth-order valence-electron chi connectivity index (χ4n) is 3.31. The third-order valence-corrected chi connectivity index (χ3v) is 4.43. The summed E-state index contributed by atoms with van der Waals surface area (Å²) in [5.74, 6) is -0.467. The number of aromatic nitrogens is 2. The molecule has 128 valence electrons. The number of aryl methyl sites for hydroxylation is 1. The lowest BCUT2D eigenvalue weighted by atomic mass is 9.82. The third-order valence-electron chi connectivity index (χ3n) is 4.43. The van der Waals surface area contributed by atoms with Gasteiger partial charge in [0.15, 0.2) is 0 Å². The van der Waals surface area contributed by atoms with Crippen LogP contribution >= 0.6 is 0 Å². The summed E-state index contributed by atoms with van der Waals surface area (Å²) in [7, 11) is 6.01. The number of benzene rings is 1. The van der Waals surface area contributed by atoms with Crippen molar-refractivity contribution >= 4 is 25.2 Å². The lowest BCUT2D eigenvalue weighted by Gasteiger charge is -2.37. The molecular formula is C17H19BFN5O. The fourth-order valence-corrected chi connectivity index (χ4v) is 3.31. The number of hydrogen-bond donors (Lipinski definition) is 2. The van der Waals surface area contributed by atoms with Crippen LogP contribution in [0, 0.1) is 12.7 Å². The molecule has 0 bridgehead atoms. The number of nitrogens with two attached hydrogens (primary N) is 2. The zero-order valence-electron chi connectivity index (χ0n) is 14.0. The Balaban J connectivity index is 2.10. The van der Waals surface area contributed by atoms with Crippen molar-refractivity contribution in [2.45, 2.75) is 25.8 Å². The number of halogens is 1. The first kappa shape index (κ1) is 17.4. The summed E-state index contributed by atoms with van der Waals surface area (Å²) in [6, 6.07) is 3.86. The van der Waals surface area contributed by atoms with E-state index in [1.165, 1.54) is 12.1 Å². The van der Waals surface area contributed by atoms with Crippen molar-refractivity contribution in [1.29, 1.82) is 0 Å². The Labute approximate surface area is 146 Å². The van der Waals surface area contributed by atoms with E-state index in [9.17, 15) is 9.18 Å². The third kappa shape index (κ3) is 3.21. The number of nitrogen functional groups attached to an aromatic ring is 1. The molecule has 25 heavy (non-hydrogen) atoms. The molecule has 1 aliphatic rings. The van der Waals surface area contributed by atoms with Crippen LogP contribution < -0.4 is 16.9 Å². The number of hydrogen-bond acceptors (Lipinski definition) is 5. The van der Waals surface area contributed by atoms with Gasteiger partial charge in [0.25, 0.3) is 5.91 Å². The summed E-state index contributed by atoms with van der Waals surface area (Å²) < 4.78 is 13.4. The second-order valence-corrected chi connectivity index (χ2v) is 6.12. The highest BCUT2D eigenvalue weighted by Crippen LogP contribution is 2.33. The minimum Gasteiger partial charge on any atom is -0.368 e. The molecule has 0 spiro atoms. The highest BCUT2D eigenvalue weighted by atomic mass is 19.1. The number of amides is 1. The van der Waals surface area contributed by atoms with Crippen LogP contribution in [0.2, 0.25) is 0 Å². The number of rotatable bonds is 4. The highest BCUT2D eigenvalue weighted by molar-refractivity contribution is 6.33. The monoisotopic (exact) mass is 339 g/mol. The van der Waals surface area contributed by atoms with Crippen LogP contribution in [-0.4, -0.2) is 41.7 Å². The van der Waals surface area contributed by atoms with Crippen LogP contribution in [0.25, 0.3) is 0 Å². The molecule has 0 saturated heterocycles. The smallest absolute Gasteiger partial charge is 0.258 e. The maximum Gasteiger partial charge on any atom is 0.258 e. The lowest BCUT2D eigenvalue weighted by molar-refractivity contribution is 0.0642. The molecule has 2 radical (unpaired) electrons. The van der Waals surface area contributed by atoms with Crippen molar-refractivity contribution in [1.82, 2.24) is 14.9 Å². The second kappa shape index (κ2) is 6.80. The summed E-state index contributed by atoms with van der Waals surface area (Å²) >= 11 is 0. The Morgan fingerprint density at radius 2 is 2.16 bits per heavy atom. The van der Waals surface area contributed by atoms with Crippen LogP contribution in [0.1, 0.15) is 39.8 Å². The SMILES string of the molecule is [B]c1cc(F)ccc1[C@H]1Cc2nc(N)nc(C)c2C(=O)N1CCCN. The molecule has 0 aliphatic carbocycles. The molecule has 0 unspecified atom stereocenters. The van der Waals surface area contributed by atoms with Crippen LogP contribution in [-0.2, 0) is 6.42 Å². The first-order chi connectivity index (χ1) is 11.9. The van der Waals surface area contributed by atoms with Gasteiger partial charge < -0.3 is 16.4 Å². The molecule has 2 aromatic rings. The fraction of sp³-hybridized carbons (Fsp3) is 0.353. The first-order valence-electron chi connectivity index (χ1n) is 8.11. The topological polar surface area (TPSA) is 98.1 Å². The van der Waals surface area contributed by atoms with Crippen LogP contribution in [0.3, 0.4) is 0 Å². The molecule has 1 atom stereocenters. The minimum absolute atomic E-state index is 0.130. The average molecular weight is 339 g/mol. The van der Waals surface area contributed by atoms with Gasteiger partial charge in [-0.1, -0.05) is 11.5 Å². The van der Waals surface area contributed by atoms with Crippen molar-refractivity contribution in [3.05, 3.63) is 46.5 Å². The van der Waals surface area contributed by atoms with E-state index < -0.39 is 5.82 Å². The number of carbonyl (C=O) groups excluding carboxylic acids is 1. The van der Waals surface area contributed by atoms with E-state index in [2.05, 4.69) is 9.97 Å². The van der Waals surface area contributed by atoms with E-state index in [4.69, 9.17) is 19.3 Å². The maximum atomic E-state index is 13.4. The lowest BCUT2D eigenvalue weighted by Crippen LogP contribution is -2.44. The molecule has 3 rings (SSSR count). The summed E-state index contributed by atoms with van der Waals surface area (Å²) in [4.78, 5) is 23.1. The second-order valence-electron chi connectivity index (χ2n) is 6.12. The molecule has 0 fully saturated rings. The van der Waals surface area contributed by atoms with Crippen molar-refractivity contribution in [3.8, 4) is 0 Å². The van der Waals surface area contributed by atoms with Gasteiger partial charge in [-0.3, -0.25) is 4.79 Å². The number of anilines is 1. The summed E-state index contributed by atoms with van der Waals surface area (Å²) in [5, 5.41) is 0. The standard InChI is InChI=1S/C17H19BFN5O/c1-9-15-13(23-17(21)22-9)8-14(24(16(15)25)6-2-5-20)11-4-3-10(19)7-12(11)18/h3-4,7,14H,2,5-6,8,20H2,1H3,(H2,21,22,23)/t14-/m1/s1. The van der Waals surface area contributed by atoms with E-state index in [0.29, 0.717) is 53.9 Å². The van der Waals surface area contributed by atoms with Crippen LogP contribution in [0.5, 0.6) is 0 Å². The predicted molar refractivity (Wildman–Crippen MR) is 94.1 cm³/mol. The van der Waals surface area contributed by atoms with Crippen molar-refractivity contribution in [2.24, 2.45) is 5.73 Å². The van der Waals surface area contributed by atoms with Gasteiger partial charge >= 0.3 is 0 Å². The van der Waals surface area contributed by atoms with E-state index in [1.807, 2.05) is 0 Å². The largest absolute Gasteiger partial charge is 0.368 e. The van der Waals surface area contributed by atoms with Gasteiger partial charge in [-0.25, -0.2) is 14.4 Å². The number of carbonyl (C=O) groups is 1. The normalized spacial score (nSPS) is 16.8. The molecule has 1 aromatic heterocycles. The molecule has 2 heterocycles. The van der Waals surface area contributed by atoms with Gasteiger partial charge in [0.2, 0.25) is 5.95 Å². The minimum atomic E-state index is -0.417. The molecule has 1 amide bonds. The summed E-state index contributed by atoms with van der Waals surface area (Å²) in [5.41, 5.74) is 14.0. The predicted octanol–water partition coefficient (Wildman–Crippen LogP) is 0.389. The Bertz CT molecular complexity index is 829. The van der Waals surface area contributed by atoms with Gasteiger partial charge in [-0.15, -0.1) is 0 Å².